The van der Waals surface area contributed by atoms with Crippen LogP contribution in [0.3, 0.4) is 0 Å². The van der Waals surface area contributed by atoms with Gasteiger partial charge in [-0.15, -0.1) is 0 Å². The molecule has 0 saturated carbocycles. The molecule has 3 aromatic carbocycles. The van der Waals surface area contributed by atoms with Crippen molar-refractivity contribution in [1.29, 1.82) is 0 Å². The third kappa shape index (κ3) is 2.78. The van der Waals surface area contributed by atoms with Crippen molar-refractivity contribution in [3.63, 3.8) is 0 Å². The van der Waals surface area contributed by atoms with Crippen LogP contribution in [0.1, 0.15) is 11.6 Å². The van der Waals surface area contributed by atoms with Crippen LogP contribution in [0.15, 0.2) is 83.8 Å². The standard InChI is InChI=1S/C20H18N2O3S/c21-16-11-12-18-20(13-16)25-14-19(15-7-3-1-4-8-15)22(18)26(23,24)17-9-5-2-6-10-17/h1-13,19H,14,21H2. The minimum absolute atomic E-state index is 0.215. The number of benzene rings is 3. The van der Waals surface area contributed by atoms with Crippen LogP contribution in [0.4, 0.5) is 11.4 Å². The van der Waals surface area contributed by atoms with Crippen LogP contribution in [0.5, 0.6) is 5.75 Å². The van der Waals surface area contributed by atoms with Gasteiger partial charge in [0.05, 0.1) is 10.6 Å². The van der Waals surface area contributed by atoms with Gasteiger partial charge in [-0.3, -0.25) is 4.31 Å². The number of sulfonamides is 1. The molecular formula is C20H18N2O3S. The number of rotatable bonds is 3. The van der Waals surface area contributed by atoms with E-state index in [1.807, 2.05) is 30.3 Å². The first-order valence-corrected chi connectivity index (χ1v) is 9.68. The smallest absolute Gasteiger partial charge is 0.265 e. The summed E-state index contributed by atoms with van der Waals surface area (Å²) in [4.78, 5) is 0.241. The van der Waals surface area contributed by atoms with Crippen molar-refractivity contribution in [2.45, 2.75) is 10.9 Å². The molecule has 1 aliphatic heterocycles. The molecule has 1 heterocycles. The lowest BCUT2D eigenvalue weighted by atomic mass is 10.1. The number of nitrogens with zero attached hydrogens (tertiary/aromatic N) is 1. The summed E-state index contributed by atoms with van der Waals surface area (Å²) >= 11 is 0. The number of hydrogen-bond donors (Lipinski definition) is 1. The minimum atomic E-state index is -3.77. The van der Waals surface area contributed by atoms with Crippen LogP contribution < -0.4 is 14.8 Å². The van der Waals surface area contributed by atoms with Gasteiger partial charge in [0.15, 0.2) is 0 Å². The Kier molecular flexibility index (Phi) is 4.05. The Morgan fingerprint density at radius 2 is 1.58 bits per heavy atom. The molecule has 0 bridgehead atoms. The Balaban J connectivity index is 1.91. The van der Waals surface area contributed by atoms with Crippen molar-refractivity contribution in [3.05, 3.63) is 84.4 Å². The van der Waals surface area contributed by atoms with E-state index in [1.54, 1.807) is 48.5 Å². The number of fused-ring (bicyclic) bond motifs is 1. The van der Waals surface area contributed by atoms with E-state index in [0.29, 0.717) is 17.1 Å². The summed E-state index contributed by atoms with van der Waals surface area (Å²) in [5.41, 5.74) is 7.73. The van der Waals surface area contributed by atoms with Crippen LogP contribution in [0, 0.1) is 0 Å². The summed E-state index contributed by atoms with van der Waals surface area (Å²) in [6.07, 6.45) is 0. The van der Waals surface area contributed by atoms with E-state index in [4.69, 9.17) is 10.5 Å². The van der Waals surface area contributed by atoms with Crippen molar-refractivity contribution in [3.8, 4) is 5.75 Å². The fourth-order valence-electron chi connectivity index (χ4n) is 3.14. The van der Waals surface area contributed by atoms with Crippen molar-refractivity contribution >= 4 is 21.4 Å². The lowest BCUT2D eigenvalue weighted by molar-refractivity contribution is 0.275. The Morgan fingerprint density at radius 1 is 0.923 bits per heavy atom. The van der Waals surface area contributed by atoms with Gasteiger partial charge in [0.25, 0.3) is 10.0 Å². The fourth-order valence-corrected chi connectivity index (χ4v) is 4.80. The predicted molar refractivity (Wildman–Crippen MR) is 102 cm³/mol. The third-order valence-electron chi connectivity index (χ3n) is 4.39. The Hall–Kier alpha value is -2.99. The molecule has 0 spiro atoms. The van der Waals surface area contributed by atoms with Crippen molar-refractivity contribution in [1.82, 2.24) is 0 Å². The maximum absolute atomic E-state index is 13.5. The number of nitrogen functional groups attached to an aromatic ring is 1. The molecule has 1 unspecified atom stereocenters. The van der Waals surface area contributed by atoms with Crippen LogP contribution >= 0.6 is 0 Å². The van der Waals surface area contributed by atoms with Crippen molar-refractivity contribution in [2.24, 2.45) is 0 Å². The molecule has 0 amide bonds. The van der Waals surface area contributed by atoms with Crippen molar-refractivity contribution in [2.75, 3.05) is 16.6 Å². The Morgan fingerprint density at radius 3 is 2.27 bits per heavy atom. The first-order chi connectivity index (χ1) is 12.6. The summed E-state index contributed by atoms with van der Waals surface area (Å²) in [5, 5.41) is 0. The van der Waals surface area contributed by atoms with E-state index in [9.17, 15) is 8.42 Å². The van der Waals surface area contributed by atoms with Crippen LogP contribution in [0.25, 0.3) is 0 Å². The highest BCUT2D eigenvalue weighted by Crippen LogP contribution is 2.43. The maximum atomic E-state index is 13.5. The molecule has 0 saturated heterocycles. The van der Waals surface area contributed by atoms with Gasteiger partial charge >= 0.3 is 0 Å². The SMILES string of the molecule is Nc1ccc2c(c1)OCC(c1ccccc1)N2S(=O)(=O)c1ccccc1. The van der Waals surface area contributed by atoms with E-state index in [0.717, 1.165) is 5.56 Å². The second-order valence-electron chi connectivity index (χ2n) is 6.08. The molecule has 6 heteroatoms. The third-order valence-corrected chi connectivity index (χ3v) is 6.22. The first kappa shape index (κ1) is 16.5. The van der Waals surface area contributed by atoms with E-state index in [1.165, 1.54) is 4.31 Å². The number of nitrogens with two attached hydrogens (primary N) is 1. The van der Waals surface area contributed by atoms with Crippen LogP contribution in [-0.2, 0) is 10.0 Å². The van der Waals surface area contributed by atoms with Crippen molar-refractivity contribution < 1.29 is 13.2 Å². The molecule has 1 aliphatic rings. The first-order valence-electron chi connectivity index (χ1n) is 8.24. The number of ether oxygens (including phenoxy) is 1. The molecule has 5 nitrogen and oxygen atoms in total. The maximum Gasteiger partial charge on any atom is 0.265 e. The average Bonchev–Trinajstić information content (AvgIpc) is 2.68. The molecule has 1 atom stereocenters. The topological polar surface area (TPSA) is 72.6 Å². The monoisotopic (exact) mass is 366 g/mol. The lowest BCUT2D eigenvalue weighted by Gasteiger charge is -2.37. The average molecular weight is 366 g/mol. The van der Waals surface area contributed by atoms with E-state index < -0.39 is 16.1 Å². The molecule has 26 heavy (non-hydrogen) atoms. The van der Waals surface area contributed by atoms with Gasteiger partial charge < -0.3 is 10.5 Å². The zero-order valence-electron chi connectivity index (χ0n) is 13.9. The van der Waals surface area contributed by atoms with E-state index in [-0.39, 0.29) is 11.5 Å². The predicted octanol–water partition coefficient (Wildman–Crippen LogP) is 3.60. The fraction of sp³-hybridized carbons (Fsp3) is 0.100. The quantitative estimate of drug-likeness (QED) is 0.719. The summed E-state index contributed by atoms with van der Waals surface area (Å²) in [6.45, 7) is 0.215. The van der Waals surface area contributed by atoms with Gasteiger partial charge in [-0.1, -0.05) is 48.5 Å². The zero-order valence-corrected chi connectivity index (χ0v) is 14.8. The summed E-state index contributed by atoms with van der Waals surface area (Å²) in [7, 11) is -3.77. The lowest BCUT2D eigenvalue weighted by Crippen LogP contribution is -2.41. The second kappa shape index (κ2) is 6.38. The van der Waals surface area contributed by atoms with Gasteiger partial charge in [-0.25, -0.2) is 8.42 Å². The molecule has 0 fully saturated rings. The molecule has 0 radical (unpaired) electrons. The normalized spacial score (nSPS) is 16.6. The summed E-state index contributed by atoms with van der Waals surface area (Å²) < 4.78 is 34.2. The van der Waals surface area contributed by atoms with E-state index >= 15 is 0 Å². The molecule has 4 rings (SSSR count). The Bertz CT molecular complexity index is 1020. The van der Waals surface area contributed by atoms with Gasteiger partial charge in [0.1, 0.15) is 18.4 Å². The summed E-state index contributed by atoms with van der Waals surface area (Å²) in [5.74, 6) is 0.469. The summed E-state index contributed by atoms with van der Waals surface area (Å²) in [6, 6.07) is 22.5. The molecule has 2 N–H and O–H groups in total. The molecule has 132 valence electrons. The van der Waals surface area contributed by atoms with E-state index in [2.05, 4.69) is 0 Å². The van der Waals surface area contributed by atoms with Gasteiger partial charge in [-0.05, 0) is 29.8 Å². The number of anilines is 2. The van der Waals surface area contributed by atoms with Gasteiger partial charge in [0, 0.05) is 11.8 Å². The largest absolute Gasteiger partial charge is 0.489 e. The highest BCUT2D eigenvalue weighted by Gasteiger charge is 2.38. The highest BCUT2D eigenvalue weighted by molar-refractivity contribution is 7.92. The van der Waals surface area contributed by atoms with Crippen LogP contribution in [0.2, 0.25) is 0 Å². The number of hydrogen-bond acceptors (Lipinski definition) is 4. The van der Waals surface area contributed by atoms with Crippen LogP contribution in [-0.4, -0.2) is 15.0 Å². The second-order valence-corrected chi connectivity index (χ2v) is 7.89. The molecule has 3 aromatic rings. The molecule has 0 aromatic heterocycles. The molecular weight excluding hydrogens is 348 g/mol. The van der Waals surface area contributed by atoms with Gasteiger partial charge in [0.2, 0.25) is 0 Å². The zero-order chi connectivity index (χ0) is 18.1. The Labute approximate surface area is 152 Å². The van der Waals surface area contributed by atoms with Gasteiger partial charge in [-0.2, -0.15) is 0 Å². The minimum Gasteiger partial charge on any atom is -0.489 e. The molecule has 0 aliphatic carbocycles. The highest BCUT2D eigenvalue weighted by atomic mass is 32.2.